The van der Waals surface area contributed by atoms with E-state index in [1.807, 2.05) is 23.7 Å². The first-order chi connectivity index (χ1) is 13.3. The van der Waals surface area contributed by atoms with E-state index in [1.54, 1.807) is 12.4 Å². The van der Waals surface area contributed by atoms with E-state index in [0.717, 1.165) is 62.3 Å². The highest BCUT2D eigenvalue weighted by Gasteiger charge is 2.12. The molecule has 1 aliphatic heterocycles. The van der Waals surface area contributed by atoms with Crippen molar-refractivity contribution in [2.45, 2.75) is 20.0 Å². The largest absolute Gasteiger partial charge is 0.378 e. The van der Waals surface area contributed by atoms with E-state index in [1.165, 1.54) is 5.56 Å². The third-order valence-electron chi connectivity index (χ3n) is 4.68. The third-order valence-corrected chi connectivity index (χ3v) is 4.68. The molecular formula is C20H24N6O. The van der Waals surface area contributed by atoms with E-state index >= 15 is 0 Å². The highest BCUT2D eigenvalue weighted by molar-refractivity contribution is 5.39. The molecule has 1 saturated heterocycles. The highest BCUT2D eigenvalue weighted by Crippen LogP contribution is 2.14. The zero-order valence-electron chi connectivity index (χ0n) is 15.5. The molecule has 0 amide bonds. The Morgan fingerprint density at radius 2 is 1.89 bits per heavy atom. The van der Waals surface area contributed by atoms with Crippen molar-refractivity contribution in [1.82, 2.24) is 25.1 Å². The quantitative estimate of drug-likeness (QED) is 0.722. The molecule has 4 heterocycles. The Kier molecular flexibility index (Phi) is 5.41. The van der Waals surface area contributed by atoms with Crippen molar-refractivity contribution in [3.8, 4) is 5.69 Å². The van der Waals surface area contributed by atoms with Crippen molar-refractivity contribution in [2.24, 2.45) is 0 Å². The number of anilines is 1. The molecular weight excluding hydrogens is 340 g/mol. The van der Waals surface area contributed by atoms with Gasteiger partial charge in [-0.2, -0.15) is 5.10 Å². The van der Waals surface area contributed by atoms with Crippen LogP contribution in [0.3, 0.4) is 0 Å². The van der Waals surface area contributed by atoms with Crippen LogP contribution in [0, 0.1) is 6.92 Å². The van der Waals surface area contributed by atoms with Crippen molar-refractivity contribution in [2.75, 3.05) is 31.2 Å². The lowest BCUT2D eigenvalue weighted by Gasteiger charge is -2.28. The Morgan fingerprint density at radius 1 is 1.07 bits per heavy atom. The highest BCUT2D eigenvalue weighted by atomic mass is 16.5. The lowest BCUT2D eigenvalue weighted by atomic mass is 10.2. The number of nitrogens with one attached hydrogen (secondary N) is 1. The Balaban J connectivity index is 1.37. The zero-order chi connectivity index (χ0) is 18.5. The fraction of sp³-hybridized carbons (Fsp3) is 0.350. The first-order valence-electron chi connectivity index (χ1n) is 9.24. The molecule has 4 rings (SSSR count). The van der Waals surface area contributed by atoms with Gasteiger partial charge in [-0.3, -0.25) is 4.98 Å². The molecule has 0 aromatic carbocycles. The molecule has 0 spiro atoms. The summed E-state index contributed by atoms with van der Waals surface area (Å²) in [6.07, 6.45) is 5.62. The summed E-state index contributed by atoms with van der Waals surface area (Å²) in [5.41, 5.74) is 4.25. The first kappa shape index (κ1) is 17.6. The molecule has 7 heteroatoms. The van der Waals surface area contributed by atoms with Crippen molar-refractivity contribution in [1.29, 1.82) is 0 Å². The summed E-state index contributed by atoms with van der Waals surface area (Å²) in [5, 5.41) is 8.08. The second kappa shape index (κ2) is 8.28. The minimum Gasteiger partial charge on any atom is -0.378 e. The molecule has 7 nitrogen and oxygen atoms in total. The average molecular weight is 364 g/mol. The van der Waals surface area contributed by atoms with Crippen LogP contribution in [0.5, 0.6) is 0 Å². The number of morpholine rings is 1. The van der Waals surface area contributed by atoms with Crippen molar-refractivity contribution in [3.05, 3.63) is 65.9 Å². The molecule has 0 atom stereocenters. The van der Waals surface area contributed by atoms with Gasteiger partial charge < -0.3 is 15.0 Å². The van der Waals surface area contributed by atoms with Gasteiger partial charge >= 0.3 is 0 Å². The number of rotatable bonds is 6. The Labute approximate surface area is 159 Å². The third kappa shape index (κ3) is 4.32. The maximum absolute atomic E-state index is 5.42. The standard InChI is InChI=1S/C20H24N6O/c1-16-17(15-26(24-16)19-5-7-21-8-6-19)13-22-14-18-3-2-4-20(23-18)25-9-11-27-12-10-25/h2-8,15,22H,9-14H2,1H3. The number of aryl methyl sites for hydroxylation is 1. The van der Waals surface area contributed by atoms with Gasteiger partial charge in [0.1, 0.15) is 5.82 Å². The van der Waals surface area contributed by atoms with Gasteiger partial charge in [-0.05, 0) is 31.2 Å². The number of pyridine rings is 2. The lowest BCUT2D eigenvalue weighted by Crippen LogP contribution is -2.36. The summed E-state index contributed by atoms with van der Waals surface area (Å²) in [5.74, 6) is 1.03. The Morgan fingerprint density at radius 3 is 2.70 bits per heavy atom. The van der Waals surface area contributed by atoms with Crippen LogP contribution < -0.4 is 10.2 Å². The smallest absolute Gasteiger partial charge is 0.129 e. The van der Waals surface area contributed by atoms with Crippen LogP contribution in [0.2, 0.25) is 0 Å². The molecule has 0 aliphatic carbocycles. The van der Waals surface area contributed by atoms with Crippen LogP contribution >= 0.6 is 0 Å². The summed E-state index contributed by atoms with van der Waals surface area (Å²) in [6, 6.07) is 10.1. The zero-order valence-corrected chi connectivity index (χ0v) is 15.5. The Hall–Kier alpha value is -2.77. The van der Waals surface area contributed by atoms with Crippen molar-refractivity contribution >= 4 is 5.82 Å². The maximum atomic E-state index is 5.42. The van der Waals surface area contributed by atoms with Crippen LogP contribution in [0.15, 0.2) is 48.9 Å². The molecule has 1 N–H and O–H groups in total. The van der Waals surface area contributed by atoms with Crippen LogP contribution in [0.1, 0.15) is 17.0 Å². The summed E-state index contributed by atoms with van der Waals surface area (Å²) in [4.78, 5) is 11.1. The van der Waals surface area contributed by atoms with E-state index < -0.39 is 0 Å². The van der Waals surface area contributed by atoms with E-state index in [9.17, 15) is 0 Å². The molecule has 0 unspecified atom stereocenters. The number of aromatic nitrogens is 4. The fourth-order valence-electron chi connectivity index (χ4n) is 3.16. The Bertz CT molecular complexity index is 873. The summed E-state index contributed by atoms with van der Waals surface area (Å²) >= 11 is 0. The van der Waals surface area contributed by atoms with Gasteiger partial charge in [0.25, 0.3) is 0 Å². The molecule has 3 aromatic heterocycles. The topological polar surface area (TPSA) is 68.1 Å². The van der Waals surface area contributed by atoms with Crippen LogP contribution in [-0.4, -0.2) is 46.1 Å². The minimum absolute atomic E-state index is 0.720. The van der Waals surface area contributed by atoms with Crippen molar-refractivity contribution < 1.29 is 4.74 Å². The van der Waals surface area contributed by atoms with Gasteiger partial charge in [-0.1, -0.05) is 6.07 Å². The molecule has 0 saturated carbocycles. The SMILES string of the molecule is Cc1nn(-c2ccncc2)cc1CNCc1cccc(N2CCOCC2)n1. The molecule has 27 heavy (non-hydrogen) atoms. The second-order valence-corrected chi connectivity index (χ2v) is 6.58. The maximum Gasteiger partial charge on any atom is 0.129 e. The molecule has 3 aromatic rings. The predicted octanol–water partition coefficient (Wildman–Crippen LogP) is 2.10. The summed E-state index contributed by atoms with van der Waals surface area (Å²) < 4.78 is 7.31. The number of hydrogen-bond acceptors (Lipinski definition) is 6. The van der Waals surface area contributed by atoms with E-state index in [2.05, 4.69) is 44.7 Å². The molecule has 0 radical (unpaired) electrons. The van der Waals surface area contributed by atoms with Crippen LogP contribution in [0.25, 0.3) is 5.69 Å². The summed E-state index contributed by atoms with van der Waals surface area (Å²) in [6.45, 7) is 6.84. The van der Waals surface area contributed by atoms with Gasteiger partial charge in [0, 0.05) is 50.3 Å². The van der Waals surface area contributed by atoms with Gasteiger partial charge in [0.15, 0.2) is 0 Å². The van der Waals surface area contributed by atoms with Crippen LogP contribution in [0.4, 0.5) is 5.82 Å². The first-order valence-corrected chi connectivity index (χ1v) is 9.24. The van der Waals surface area contributed by atoms with E-state index in [0.29, 0.717) is 0 Å². The lowest BCUT2D eigenvalue weighted by molar-refractivity contribution is 0.122. The fourth-order valence-corrected chi connectivity index (χ4v) is 3.16. The number of ether oxygens (including phenoxy) is 1. The second-order valence-electron chi connectivity index (χ2n) is 6.58. The van der Waals surface area contributed by atoms with Crippen LogP contribution in [-0.2, 0) is 17.8 Å². The van der Waals surface area contributed by atoms with E-state index in [4.69, 9.17) is 9.72 Å². The number of hydrogen-bond donors (Lipinski definition) is 1. The van der Waals surface area contributed by atoms with Gasteiger partial charge in [-0.25, -0.2) is 9.67 Å². The minimum atomic E-state index is 0.720. The molecule has 1 fully saturated rings. The van der Waals surface area contributed by atoms with Gasteiger partial charge in [0.05, 0.1) is 30.3 Å². The monoisotopic (exact) mass is 364 g/mol. The van der Waals surface area contributed by atoms with E-state index in [-0.39, 0.29) is 0 Å². The average Bonchev–Trinajstić information content (AvgIpc) is 3.10. The molecule has 0 bridgehead atoms. The summed E-state index contributed by atoms with van der Waals surface area (Å²) in [7, 11) is 0. The normalized spacial score (nSPS) is 14.5. The number of nitrogens with zero attached hydrogens (tertiary/aromatic N) is 5. The van der Waals surface area contributed by atoms with Gasteiger partial charge in [-0.15, -0.1) is 0 Å². The van der Waals surface area contributed by atoms with Crippen molar-refractivity contribution in [3.63, 3.8) is 0 Å². The molecule has 1 aliphatic rings. The van der Waals surface area contributed by atoms with Gasteiger partial charge in [0.2, 0.25) is 0 Å². The molecule has 140 valence electrons. The predicted molar refractivity (Wildman–Crippen MR) is 104 cm³/mol.